The summed E-state index contributed by atoms with van der Waals surface area (Å²) in [7, 11) is -2.38. The molecular weight excluding hydrogens is 366 g/mol. The van der Waals surface area contributed by atoms with E-state index in [0.29, 0.717) is 11.7 Å². The third-order valence-electron chi connectivity index (χ3n) is 5.35. The van der Waals surface area contributed by atoms with Gasteiger partial charge in [-0.3, -0.25) is 0 Å². The summed E-state index contributed by atoms with van der Waals surface area (Å²) in [5, 5.41) is 45.1. The van der Waals surface area contributed by atoms with Crippen molar-refractivity contribution in [2.45, 2.75) is 36.4 Å². The van der Waals surface area contributed by atoms with Gasteiger partial charge < -0.3 is 34.6 Å². The molecule has 2 aromatic rings. The second kappa shape index (κ2) is 7.84. The molecule has 8 heteroatoms. The molecule has 27 heavy (non-hydrogen) atoms. The van der Waals surface area contributed by atoms with Crippen molar-refractivity contribution in [2.75, 3.05) is 19.7 Å². The quantitative estimate of drug-likeness (QED) is 0.460. The van der Waals surface area contributed by atoms with Crippen molar-refractivity contribution in [3.05, 3.63) is 42.0 Å². The lowest BCUT2D eigenvalue weighted by Gasteiger charge is -2.37. The van der Waals surface area contributed by atoms with Gasteiger partial charge in [0.25, 0.3) is 0 Å². The molecule has 0 spiro atoms. The summed E-state index contributed by atoms with van der Waals surface area (Å²) >= 11 is 0. The van der Waals surface area contributed by atoms with Crippen LogP contribution in [0.4, 0.5) is 0 Å². The van der Waals surface area contributed by atoms with E-state index in [0.717, 1.165) is 30.3 Å². The number of aliphatic hydroxyl groups is 4. The Morgan fingerprint density at radius 2 is 1.89 bits per heavy atom. The van der Waals surface area contributed by atoms with Gasteiger partial charge in [-0.2, -0.15) is 0 Å². The fourth-order valence-electron chi connectivity index (χ4n) is 3.85. The molecule has 0 bridgehead atoms. The lowest BCUT2D eigenvalue weighted by atomic mass is 9.92. The Kier molecular flexibility index (Phi) is 5.47. The van der Waals surface area contributed by atoms with Crippen LogP contribution in [-0.2, 0) is 4.43 Å². The molecule has 1 radical (unpaired) electrons. The molecule has 7 nitrogen and oxygen atoms in total. The zero-order chi connectivity index (χ0) is 19.0. The average Bonchev–Trinajstić information content (AvgIpc) is 3.22. The Labute approximate surface area is 159 Å². The Morgan fingerprint density at radius 1 is 1.11 bits per heavy atom. The molecule has 0 aliphatic carbocycles. The minimum absolute atomic E-state index is 0.380. The van der Waals surface area contributed by atoms with Gasteiger partial charge in [0.05, 0.1) is 12.7 Å². The number of nitrogens with one attached hydrogen (secondary N) is 1. The summed E-state index contributed by atoms with van der Waals surface area (Å²) in [4.78, 5) is 0. The first kappa shape index (κ1) is 18.8. The molecule has 0 saturated carbocycles. The molecule has 2 aromatic carbocycles. The van der Waals surface area contributed by atoms with Crippen LogP contribution in [0, 0.1) is 0 Å². The van der Waals surface area contributed by atoms with Crippen molar-refractivity contribution < 1.29 is 29.3 Å². The number of benzene rings is 2. The summed E-state index contributed by atoms with van der Waals surface area (Å²) in [5.41, 5.74) is -0.149. The van der Waals surface area contributed by atoms with E-state index in [2.05, 4.69) is 11.4 Å². The van der Waals surface area contributed by atoms with Gasteiger partial charge in [0.15, 0.2) is 0 Å². The molecule has 5 atom stereocenters. The van der Waals surface area contributed by atoms with Gasteiger partial charge in [0, 0.05) is 11.9 Å². The molecule has 2 aliphatic rings. The molecule has 5 N–H and O–H groups in total. The zero-order valence-electron chi connectivity index (χ0n) is 14.8. The maximum absolute atomic E-state index is 10.3. The van der Waals surface area contributed by atoms with Gasteiger partial charge in [-0.1, -0.05) is 30.3 Å². The van der Waals surface area contributed by atoms with E-state index in [1.54, 1.807) is 0 Å². The van der Waals surface area contributed by atoms with Crippen LogP contribution in [-0.4, -0.2) is 73.4 Å². The lowest BCUT2D eigenvalue weighted by molar-refractivity contribution is -0.128. The zero-order valence-corrected chi connectivity index (χ0v) is 15.8. The van der Waals surface area contributed by atoms with Gasteiger partial charge in [-0.05, 0) is 35.9 Å². The smallest absolute Gasteiger partial charge is 0.493 e. The molecule has 0 unspecified atom stereocenters. The van der Waals surface area contributed by atoms with Crippen molar-refractivity contribution in [2.24, 2.45) is 0 Å². The second-order valence-electron chi connectivity index (χ2n) is 7.08. The molecule has 2 fully saturated rings. The van der Waals surface area contributed by atoms with Gasteiger partial charge in [0.1, 0.15) is 23.7 Å². The van der Waals surface area contributed by atoms with Crippen molar-refractivity contribution in [1.29, 1.82) is 0 Å². The fraction of sp³-hybridized carbons (Fsp3) is 0.474. The molecule has 2 saturated heterocycles. The molecule has 2 aliphatic heterocycles. The predicted octanol–water partition coefficient (Wildman–Crippen LogP) is -0.203. The van der Waals surface area contributed by atoms with Gasteiger partial charge in [-0.25, -0.2) is 0 Å². The highest BCUT2D eigenvalue weighted by molar-refractivity contribution is 6.47. The average molecular weight is 390 g/mol. The van der Waals surface area contributed by atoms with E-state index in [9.17, 15) is 20.4 Å². The highest BCUT2D eigenvalue weighted by Crippen LogP contribution is 2.36. The van der Waals surface area contributed by atoms with Crippen LogP contribution in [0.3, 0.4) is 0 Å². The molecular formula is C19H24NO6Si. The Morgan fingerprint density at radius 3 is 2.59 bits per heavy atom. The lowest BCUT2D eigenvalue weighted by Crippen LogP contribution is -2.62. The van der Waals surface area contributed by atoms with Crippen LogP contribution in [0.5, 0.6) is 5.75 Å². The number of hydrogen-bond acceptors (Lipinski definition) is 7. The third kappa shape index (κ3) is 3.50. The SMILES string of the molecule is OC[C@H]1O[Si](Oc2cccc3cccc([C@@H]4CCNC4)c23)[C@H](O)[C@H](O)[C@@H]1O. The maximum Gasteiger partial charge on any atom is 0.493 e. The minimum Gasteiger partial charge on any atom is -0.517 e. The first-order valence-electron chi connectivity index (χ1n) is 9.19. The van der Waals surface area contributed by atoms with Crippen molar-refractivity contribution in [3.8, 4) is 5.75 Å². The summed E-state index contributed by atoms with van der Waals surface area (Å²) < 4.78 is 11.7. The van der Waals surface area contributed by atoms with Gasteiger partial charge in [0.2, 0.25) is 0 Å². The van der Waals surface area contributed by atoms with Gasteiger partial charge >= 0.3 is 9.28 Å². The molecule has 0 amide bonds. The summed E-state index contributed by atoms with van der Waals surface area (Å²) in [6, 6.07) is 11.9. The summed E-state index contributed by atoms with van der Waals surface area (Å²) in [5.74, 6) is 0.966. The number of fused-ring (bicyclic) bond motifs is 1. The van der Waals surface area contributed by atoms with Crippen LogP contribution in [0.1, 0.15) is 17.9 Å². The third-order valence-corrected chi connectivity index (χ3v) is 7.13. The summed E-state index contributed by atoms with van der Waals surface area (Å²) in [6.45, 7) is 1.42. The van der Waals surface area contributed by atoms with Crippen LogP contribution in [0.25, 0.3) is 10.8 Å². The van der Waals surface area contributed by atoms with E-state index >= 15 is 0 Å². The van der Waals surface area contributed by atoms with E-state index in [4.69, 9.17) is 8.85 Å². The molecule has 0 aromatic heterocycles. The first-order chi connectivity index (χ1) is 13.1. The van der Waals surface area contributed by atoms with Crippen LogP contribution < -0.4 is 9.74 Å². The number of hydrogen-bond donors (Lipinski definition) is 5. The Bertz CT molecular complexity index is 792. The Balaban J connectivity index is 1.69. The number of aliphatic hydroxyl groups excluding tert-OH is 4. The predicted molar refractivity (Wildman–Crippen MR) is 101 cm³/mol. The van der Waals surface area contributed by atoms with Crippen molar-refractivity contribution in [3.63, 3.8) is 0 Å². The van der Waals surface area contributed by atoms with Crippen LogP contribution in [0.15, 0.2) is 36.4 Å². The van der Waals surface area contributed by atoms with Crippen molar-refractivity contribution >= 4 is 20.1 Å². The monoisotopic (exact) mass is 390 g/mol. The standard InChI is InChI=1S/C19H24NO6Si/c21-10-15-17(22)18(23)19(24)27(26-15)25-14-6-2-4-11-3-1-5-13(16(11)14)12-7-8-20-9-12/h1-6,12,15,17-24H,7-10H2/t12-,15-,17-,18-,19+/m1/s1. The largest absolute Gasteiger partial charge is 0.517 e. The van der Waals surface area contributed by atoms with E-state index in [1.807, 2.05) is 30.3 Å². The number of rotatable bonds is 4. The van der Waals surface area contributed by atoms with Gasteiger partial charge in [-0.15, -0.1) is 0 Å². The Hall–Kier alpha value is -1.52. The first-order valence-corrected chi connectivity index (χ1v) is 10.6. The van der Waals surface area contributed by atoms with E-state index in [-0.39, 0.29) is 0 Å². The van der Waals surface area contributed by atoms with Crippen molar-refractivity contribution in [1.82, 2.24) is 5.32 Å². The second-order valence-corrected chi connectivity index (χ2v) is 8.75. The van der Waals surface area contributed by atoms with Crippen LogP contribution >= 0.6 is 0 Å². The minimum atomic E-state index is -2.38. The normalized spacial score (nSPS) is 32.1. The highest BCUT2D eigenvalue weighted by Gasteiger charge is 2.48. The summed E-state index contributed by atoms with van der Waals surface area (Å²) in [6.07, 6.45) is -2.71. The van der Waals surface area contributed by atoms with E-state index in [1.165, 1.54) is 5.56 Å². The molecule has 4 rings (SSSR count). The van der Waals surface area contributed by atoms with Crippen LogP contribution in [0.2, 0.25) is 0 Å². The maximum atomic E-state index is 10.3. The highest BCUT2D eigenvalue weighted by atomic mass is 28.3. The van der Waals surface area contributed by atoms with E-state index < -0.39 is 39.9 Å². The fourth-order valence-corrected chi connectivity index (χ4v) is 5.54. The molecule has 145 valence electrons. The topological polar surface area (TPSA) is 111 Å². The molecule has 2 heterocycles.